The molecule has 1 aliphatic heterocycles. The van der Waals surface area contributed by atoms with Crippen molar-refractivity contribution in [3.63, 3.8) is 0 Å². The number of nitriles is 1. The lowest BCUT2D eigenvalue weighted by Gasteiger charge is -2.36. The second kappa shape index (κ2) is 8.19. The Morgan fingerprint density at radius 3 is 2.41 bits per heavy atom. The van der Waals surface area contributed by atoms with Crippen molar-refractivity contribution in [3.8, 4) is 17.6 Å². The molecule has 7 heteroatoms. The predicted molar refractivity (Wildman–Crippen MR) is 104 cm³/mol. The van der Waals surface area contributed by atoms with Crippen molar-refractivity contribution < 1.29 is 14.3 Å². The lowest BCUT2D eigenvalue weighted by atomic mass is 10.1. The minimum absolute atomic E-state index is 0.0630. The van der Waals surface area contributed by atoms with Crippen molar-refractivity contribution in [3.05, 3.63) is 52.5 Å². The highest BCUT2D eigenvalue weighted by molar-refractivity contribution is 6.32. The highest BCUT2D eigenvalue weighted by Crippen LogP contribution is 2.27. The monoisotopic (exact) mass is 385 g/mol. The number of carbonyl (C=O) groups is 1. The van der Waals surface area contributed by atoms with Gasteiger partial charge in [0.05, 0.1) is 30.4 Å². The van der Waals surface area contributed by atoms with Crippen LogP contribution in [0.2, 0.25) is 5.02 Å². The molecule has 1 saturated heterocycles. The van der Waals surface area contributed by atoms with Gasteiger partial charge in [0, 0.05) is 37.9 Å². The van der Waals surface area contributed by atoms with Crippen molar-refractivity contribution >= 4 is 23.2 Å². The van der Waals surface area contributed by atoms with Crippen molar-refractivity contribution in [1.29, 1.82) is 5.26 Å². The summed E-state index contributed by atoms with van der Waals surface area (Å²) in [5.41, 5.74) is 1.93. The lowest BCUT2D eigenvalue weighted by molar-refractivity contribution is 0.0743. The van der Waals surface area contributed by atoms with Gasteiger partial charge in [0.2, 0.25) is 0 Å². The highest BCUT2D eigenvalue weighted by Gasteiger charge is 2.25. The number of anilines is 1. The van der Waals surface area contributed by atoms with Gasteiger partial charge < -0.3 is 19.3 Å². The third-order valence-electron chi connectivity index (χ3n) is 4.64. The first kappa shape index (κ1) is 18.9. The van der Waals surface area contributed by atoms with E-state index in [1.54, 1.807) is 37.4 Å². The van der Waals surface area contributed by atoms with Gasteiger partial charge in [0.25, 0.3) is 5.91 Å². The molecule has 0 N–H and O–H groups in total. The van der Waals surface area contributed by atoms with Crippen LogP contribution in [0, 0.1) is 11.3 Å². The molecule has 2 aromatic carbocycles. The Hall–Kier alpha value is -2.91. The van der Waals surface area contributed by atoms with E-state index in [0.717, 1.165) is 5.69 Å². The van der Waals surface area contributed by atoms with E-state index in [2.05, 4.69) is 11.0 Å². The first-order valence-corrected chi connectivity index (χ1v) is 8.91. The molecular weight excluding hydrogens is 366 g/mol. The van der Waals surface area contributed by atoms with Crippen LogP contribution in [0.3, 0.4) is 0 Å². The minimum atomic E-state index is -0.0630. The van der Waals surface area contributed by atoms with Crippen molar-refractivity contribution in [2.75, 3.05) is 45.3 Å². The number of rotatable bonds is 4. The second-order valence-electron chi connectivity index (χ2n) is 6.12. The molecule has 1 amide bonds. The molecule has 0 saturated carbocycles. The Morgan fingerprint density at radius 2 is 1.81 bits per heavy atom. The van der Waals surface area contributed by atoms with E-state index < -0.39 is 0 Å². The number of piperazine rings is 1. The Bertz CT molecular complexity index is 887. The maximum atomic E-state index is 12.9. The van der Waals surface area contributed by atoms with Gasteiger partial charge in [-0.15, -0.1) is 0 Å². The van der Waals surface area contributed by atoms with Crippen LogP contribution in [0.5, 0.6) is 11.5 Å². The van der Waals surface area contributed by atoms with E-state index >= 15 is 0 Å². The molecule has 1 heterocycles. The minimum Gasteiger partial charge on any atom is -0.497 e. The molecule has 1 aliphatic rings. The fraction of sp³-hybridized carbons (Fsp3) is 0.300. The zero-order chi connectivity index (χ0) is 19.4. The Kier molecular flexibility index (Phi) is 5.72. The molecule has 0 aliphatic carbocycles. The fourth-order valence-electron chi connectivity index (χ4n) is 3.10. The molecule has 0 aromatic heterocycles. The Labute approximate surface area is 163 Å². The lowest BCUT2D eigenvalue weighted by Crippen LogP contribution is -2.48. The molecule has 0 unspecified atom stereocenters. The van der Waals surface area contributed by atoms with E-state index in [1.807, 2.05) is 11.0 Å². The van der Waals surface area contributed by atoms with Gasteiger partial charge in [-0.2, -0.15) is 5.26 Å². The van der Waals surface area contributed by atoms with E-state index in [1.165, 1.54) is 7.11 Å². The predicted octanol–water partition coefficient (Wildman–Crippen LogP) is 3.19. The summed E-state index contributed by atoms with van der Waals surface area (Å²) in [5, 5.41) is 9.43. The van der Waals surface area contributed by atoms with Gasteiger partial charge in [0.1, 0.15) is 17.6 Å². The summed E-state index contributed by atoms with van der Waals surface area (Å²) in [6.07, 6.45) is 0. The zero-order valence-corrected chi connectivity index (χ0v) is 16.0. The van der Waals surface area contributed by atoms with Crippen LogP contribution in [0.4, 0.5) is 5.69 Å². The van der Waals surface area contributed by atoms with Crippen molar-refractivity contribution in [2.24, 2.45) is 0 Å². The number of halogens is 1. The van der Waals surface area contributed by atoms with Gasteiger partial charge in [-0.3, -0.25) is 4.79 Å². The van der Waals surface area contributed by atoms with Crippen LogP contribution in [0.25, 0.3) is 0 Å². The normalized spacial score (nSPS) is 13.9. The molecule has 1 fully saturated rings. The molecule has 0 atom stereocenters. The van der Waals surface area contributed by atoms with Crippen molar-refractivity contribution in [2.45, 2.75) is 0 Å². The molecule has 0 spiro atoms. The maximum Gasteiger partial charge on any atom is 0.257 e. The number of carbonyl (C=O) groups excluding carboxylic acids is 1. The molecule has 6 nitrogen and oxygen atoms in total. The Morgan fingerprint density at radius 1 is 1.07 bits per heavy atom. The first-order valence-electron chi connectivity index (χ1n) is 8.53. The first-order chi connectivity index (χ1) is 13.1. The molecule has 0 bridgehead atoms. The standard InChI is InChI=1S/C20H20ClN3O3/c1-26-16-5-6-17(19(12-16)27-2)20(25)24-9-7-23(8-10-24)15-4-3-14(13-22)18(21)11-15/h3-6,11-12H,7-10H2,1-2H3. The summed E-state index contributed by atoms with van der Waals surface area (Å²) in [4.78, 5) is 16.9. The topological polar surface area (TPSA) is 65.8 Å². The second-order valence-corrected chi connectivity index (χ2v) is 6.53. The highest BCUT2D eigenvalue weighted by atomic mass is 35.5. The number of nitrogens with zero attached hydrogens (tertiary/aromatic N) is 3. The number of methoxy groups -OCH3 is 2. The van der Waals surface area contributed by atoms with Gasteiger partial charge in [-0.1, -0.05) is 11.6 Å². The van der Waals surface area contributed by atoms with Crippen LogP contribution in [-0.4, -0.2) is 51.2 Å². The number of ether oxygens (including phenoxy) is 2. The van der Waals surface area contributed by atoms with Crippen LogP contribution in [0.1, 0.15) is 15.9 Å². The molecule has 140 valence electrons. The summed E-state index contributed by atoms with van der Waals surface area (Å²) < 4.78 is 10.5. The number of amides is 1. The van der Waals surface area contributed by atoms with E-state index in [-0.39, 0.29) is 5.91 Å². The van der Waals surface area contributed by atoms with Gasteiger partial charge in [-0.05, 0) is 30.3 Å². The molecule has 27 heavy (non-hydrogen) atoms. The number of hydrogen-bond donors (Lipinski definition) is 0. The average molecular weight is 386 g/mol. The SMILES string of the molecule is COc1ccc(C(=O)N2CCN(c3ccc(C#N)c(Cl)c3)CC2)c(OC)c1. The summed E-state index contributed by atoms with van der Waals surface area (Å²) in [5.74, 6) is 1.08. The summed E-state index contributed by atoms with van der Waals surface area (Å²) in [7, 11) is 3.11. The molecule has 2 aromatic rings. The smallest absolute Gasteiger partial charge is 0.257 e. The van der Waals surface area contributed by atoms with Crippen LogP contribution in [-0.2, 0) is 0 Å². The Balaban J connectivity index is 1.70. The van der Waals surface area contributed by atoms with Crippen LogP contribution < -0.4 is 14.4 Å². The number of benzene rings is 2. The van der Waals surface area contributed by atoms with Gasteiger partial charge in [-0.25, -0.2) is 0 Å². The van der Waals surface area contributed by atoms with Crippen molar-refractivity contribution in [1.82, 2.24) is 4.90 Å². The summed E-state index contributed by atoms with van der Waals surface area (Å²) in [6, 6.07) is 12.7. The third kappa shape index (κ3) is 3.93. The summed E-state index contributed by atoms with van der Waals surface area (Å²) in [6.45, 7) is 2.55. The van der Waals surface area contributed by atoms with Gasteiger partial charge >= 0.3 is 0 Å². The fourth-order valence-corrected chi connectivity index (χ4v) is 3.32. The molecule has 3 rings (SSSR count). The average Bonchev–Trinajstić information content (AvgIpc) is 2.72. The van der Waals surface area contributed by atoms with E-state index in [4.69, 9.17) is 26.3 Å². The van der Waals surface area contributed by atoms with Crippen LogP contribution >= 0.6 is 11.6 Å². The quantitative estimate of drug-likeness (QED) is 0.808. The zero-order valence-electron chi connectivity index (χ0n) is 15.2. The number of hydrogen-bond acceptors (Lipinski definition) is 5. The third-order valence-corrected chi connectivity index (χ3v) is 4.96. The summed E-state index contributed by atoms with van der Waals surface area (Å²) >= 11 is 6.13. The molecule has 0 radical (unpaired) electrons. The van der Waals surface area contributed by atoms with Gasteiger partial charge in [0.15, 0.2) is 0 Å². The maximum absolute atomic E-state index is 12.9. The van der Waals surface area contributed by atoms with E-state index in [9.17, 15) is 4.79 Å². The largest absolute Gasteiger partial charge is 0.497 e. The van der Waals surface area contributed by atoms with Crippen LogP contribution in [0.15, 0.2) is 36.4 Å². The molecular formula is C20H20ClN3O3. The van der Waals surface area contributed by atoms with E-state index in [0.29, 0.717) is 53.8 Å².